The van der Waals surface area contributed by atoms with Crippen molar-refractivity contribution in [1.29, 1.82) is 0 Å². The van der Waals surface area contributed by atoms with Gasteiger partial charge in [-0.1, -0.05) is 52.3 Å². The Morgan fingerprint density at radius 1 is 1.16 bits per heavy atom. The SMILES string of the molecule is CC[C@H](Cc1cc2cc(C)ccc2o1)C(=O)OC[C@]1(CO)C/C(=C\CC(CC(C)C)CC(C)C)C(=O)O1. The molecule has 2 aromatic rings. The van der Waals surface area contributed by atoms with Crippen LogP contribution in [0.15, 0.2) is 40.3 Å². The van der Waals surface area contributed by atoms with E-state index in [2.05, 4.69) is 33.8 Å². The van der Waals surface area contributed by atoms with Crippen molar-refractivity contribution in [3.8, 4) is 0 Å². The van der Waals surface area contributed by atoms with Gasteiger partial charge in [-0.05, 0) is 68.6 Å². The molecular weight excluding hydrogens is 468 g/mol. The highest BCUT2D eigenvalue weighted by Crippen LogP contribution is 2.33. The van der Waals surface area contributed by atoms with Crippen molar-refractivity contribution < 1.29 is 28.6 Å². The first-order chi connectivity index (χ1) is 17.5. The number of aliphatic hydroxyl groups is 1. The number of esters is 2. The molecule has 0 radical (unpaired) electrons. The van der Waals surface area contributed by atoms with Crippen LogP contribution in [0.2, 0.25) is 0 Å². The highest BCUT2D eigenvalue weighted by molar-refractivity contribution is 5.91. The Morgan fingerprint density at radius 3 is 2.49 bits per heavy atom. The van der Waals surface area contributed by atoms with Gasteiger partial charge in [0.05, 0.1) is 12.5 Å². The fourth-order valence-electron chi connectivity index (χ4n) is 5.29. The van der Waals surface area contributed by atoms with Crippen LogP contribution in [-0.4, -0.2) is 35.9 Å². The molecule has 6 heteroatoms. The molecule has 1 aliphatic rings. The molecule has 0 saturated carbocycles. The summed E-state index contributed by atoms with van der Waals surface area (Å²) in [4.78, 5) is 25.6. The predicted molar refractivity (Wildman–Crippen MR) is 145 cm³/mol. The number of fused-ring (bicyclic) bond motifs is 1. The number of hydrogen-bond acceptors (Lipinski definition) is 6. The highest BCUT2D eigenvalue weighted by Gasteiger charge is 2.45. The Morgan fingerprint density at radius 2 is 1.86 bits per heavy atom. The number of rotatable bonds is 13. The van der Waals surface area contributed by atoms with Crippen LogP contribution < -0.4 is 0 Å². The lowest BCUT2D eigenvalue weighted by Crippen LogP contribution is -2.40. The lowest BCUT2D eigenvalue weighted by molar-refractivity contribution is -0.168. The largest absolute Gasteiger partial charge is 0.461 e. The molecule has 204 valence electrons. The molecule has 1 aliphatic heterocycles. The molecule has 1 saturated heterocycles. The van der Waals surface area contributed by atoms with E-state index in [1.165, 1.54) is 0 Å². The summed E-state index contributed by atoms with van der Waals surface area (Å²) in [5, 5.41) is 11.1. The van der Waals surface area contributed by atoms with Crippen LogP contribution in [-0.2, 0) is 25.5 Å². The molecule has 0 bridgehead atoms. The average molecular weight is 513 g/mol. The molecule has 0 amide bonds. The monoisotopic (exact) mass is 512 g/mol. The van der Waals surface area contributed by atoms with Crippen LogP contribution in [0.1, 0.15) is 78.0 Å². The summed E-state index contributed by atoms with van der Waals surface area (Å²) in [6.07, 6.45) is 6.22. The van der Waals surface area contributed by atoms with Gasteiger partial charge in [-0.2, -0.15) is 0 Å². The van der Waals surface area contributed by atoms with E-state index in [0.717, 1.165) is 41.6 Å². The van der Waals surface area contributed by atoms with Crippen molar-refractivity contribution in [3.63, 3.8) is 0 Å². The number of aliphatic hydroxyl groups excluding tert-OH is 1. The van der Waals surface area contributed by atoms with Crippen molar-refractivity contribution in [3.05, 3.63) is 47.2 Å². The Hall–Kier alpha value is -2.60. The van der Waals surface area contributed by atoms with Crippen molar-refractivity contribution in [2.45, 2.75) is 85.7 Å². The van der Waals surface area contributed by atoms with Crippen LogP contribution in [0.5, 0.6) is 0 Å². The van der Waals surface area contributed by atoms with Crippen LogP contribution >= 0.6 is 0 Å². The fraction of sp³-hybridized carbons (Fsp3) is 0.613. The topological polar surface area (TPSA) is 86.0 Å². The molecule has 1 aromatic carbocycles. The molecule has 0 aliphatic carbocycles. The third-order valence-corrected chi connectivity index (χ3v) is 7.15. The van der Waals surface area contributed by atoms with Crippen LogP contribution in [0, 0.1) is 30.6 Å². The first kappa shape index (κ1) is 29.0. The number of carbonyl (C=O) groups is 2. The summed E-state index contributed by atoms with van der Waals surface area (Å²) in [5.41, 5.74) is 1.28. The third kappa shape index (κ3) is 7.94. The summed E-state index contributed by atoms with van der Waals surface area (Å²) >= 11 is 0. The number of ether oxygens (including phenoxy) is 2. The number of aryl methyl sites for hydroxylation is 1. The molecule has 3 rings (SSSR count). The normalized spacial score (nSPS) is 19.9. The highest BCUT2D eigenvalue weighted by atomic mass is 16.6. The van der Waals surface area contributed by atoms with E-state index in [1.54, 1.807) is 0 Å². The lowest BCUT2D eigenvalue weighted by Gasteiger charge is -2.25. The van der Waals surface area contributed by atoms with Gasteiger partial charge in [-0.25, -0.2) is 4.79 Å². The Balaban J connectivity index is 1.61. The minimum absolute atomic E-state index is 0.164. The van der Waals surface area contributed by atoms with Crippen molar-refractivity contribution in [2.75, 3.05) is 13.2 Å². The quantitative estimate of drug-likeness (QED) is 0.242. The van der Waals surface area contributed by atoms with Gasteiger partial charge in [0.1, 0.15) is 18.0 Å². The maximum atomic E-state index is 12.9. The van der Waals surface area contributed by atoms with E-state index in [-0.39, 0.29) is 19.0 Å². The zero-order valence-corrected chi connectivity index (χ0v) is 23.3. The number of carbonyl (C=O) groups excluding carboxylic acids is 2. The lowest BCUT2D eigenvalue weighted by atomic mass is 9.86. The molecule has 37 heavy (non-hydrogen) atoms. The van der Waals surface area contributed by atoms with Gasteiger partial charge < -0.3 is 19.0 Å². The number of furan rings is 1. The zero-order chi connectivity index (χ0) is 27.2. The second-order valence-corrected chi connectivity index (χ2v) is 11.7. The summed E-state index contributed by atoms with van der Waals surface area (Å²) in [6.45, 7) is 12.3. The number of cyclic esters (lactones) is 1. The summed E-state index contributed by atoms with van der Waals surface area (Å²) in [5.74, 6) is 1.20. The van der Waals surface area contributed by atoms with Gasteiger partial charge in [0.15, 0.2) is 5.60 Å². The van der Waals surface area contributed by atoms with Gasteiger partial charge in [-0.15, -0.1) is 0 Å². The first-order valence-corrected chi connectivity index (χ1v) is 13.7. The van der Waals surface area contributed by atoms with Gasteiger partial charge in [0, 0.05) is 23.8 Å². The predicted octanol–water partition coefficient (Wildman–Crippen LogP) is 6.56. The second-order valence-electron chi connectivity index (χ2n) is 11.7. The summed E-state index contributed by atoms with van der Waals surface area (Å²) in [7, 11) is 0. The van der Waals surface area contributed by atoms with Gasteiger partial charge >= 0.3 is 11.9 Å². The van der Waals surface area contributed by atoms with Crippen LogP contribution in [0.25, 0.3) is 11.0 Å². The molecule has 1 aromatic heterocycles. The van der Waals surface area contributed by atoms with Gasteiger partial charge in [-0.3, -0.25) is 4.79 Å². The van der Waals surface area contributed by atoms with E-state index in [1.807, 2.05) is 38.1 Å². The smallest absolute Gasteiger partial charge is 0.334 e. The van der Waals surface area contributed by atoms with Crippen molar-refractivity contribution >= 4 is 22.9 Å². The molecule has 0 spiro atoms. The van der Waals surface area contributed by atoms with E-state index in [9.17, 15) is 14.7 Å². The second kappa shape index (κ2) is 12.8. The first-order valence-electron chi connectivity index (χ1n) is 13.7. The minimum Gasteiger partial charge on any atom is -0.461 e. The Bertz CT molecular complexity index is 1080. The maximum Gasteiger partial charge on any atom is 0.334 e. The molecule has 1 N–H and O–H groups in total. The van der Waals surface area contributed by atoms with Crippen molar-refractivity contribution in [2.24, 2.45) is 23.7 Å². The van der Waals surface area contributed by atoms with Gasteiger partial charge in [0.25, 0.3) is 0 Å². The number of hydrogen-bond donors (Lipinski definition) is 1. The summed E-state index contributed by atoms with van der Waals surface area (Å²) in [6, 6.07) is 7.96. The Labute approximate surface area is 221 Å². The van der Waals surface area contributed by atoms with Crippen molar-refractivity contribution in [1.82, 2.24) is 0 Å². The van der Waals surface area contributed by atoms with Crippen LogP contribution in [0.3, 0.4) is 0 Å². The fourth-order valence-corrected chi connectivity index (χ4v) is 5.29. The van der Waals surface area contributed by atoms with Crippen LogP contribution in [0.4, 0.5) is 0 Å². The standard InChI is InChI=1S/C31H44O6/c1-7-24(15-27-16-26-14-22(6)8-11-28(26)36-27)29(33)35-19-31(18-32)17-25(30(34)37-31)10-9-23(12-20(2)3)13-21(4)5/h8,10-11,14,16,20-21,23-24,32H,7,9,12-13,15,17-19H2,1-6H3/b25-10+/t24-,31-/m1/s1. The molecular formula is C31H44O6. The van der Waals surface area contributed by atoms with E-state index < -0.39 is 24.1 Å². The minimum atomic E-state index is -1.22. The molecule has 1 fully saturated rings. The van der Waals surface area contributed by atoms with Gasteiger partial charge in [0.2, 0.25) is 0 Å². The number of benzene rings is 1. The molecule has 6 nitrogen and oxygen atoms in total. The van der Waals surface area contributed by atoms with E-state index in [4.69, 9.17) is 13.9 Å². The zero-order valence-electron chi connectivity index (χ0n) is 23.3. The average Bonchev–Trinajstić information content (AvgIpc) is 3.38. The molecule has 2 atom stereocenters. The van der Waals surface area contributed by atoms with E-state index >= 15 is 0 Å². The molecule has 2 heterocycles. The molecule has 0 unspecified atom stereocenters. The number of allylic oxidation sites excluding steroid dienone is 1. The third-order valence-electron chi connectivity index (χ3n) is 7.15. The maximum absolute atomic E-state index is 12.9. The Kier molecular flexibility index (Phi) is 10.00. The summed E-state index contributed by atoms with van der Waals surface area (Å²) < 4.78 is 17.1. The van der Waals surface area contributed by atoms with E-state index in [0.29, 0.717) is 36.2 Å².